The standard InChI is InChI=1S/C14H10BrF2N3O/c15-8-5-6-11-19-12(13(18)20(11)7-8)9-3-1-2-4-10(9)21-14(16)17/h1-7,14H,18H2. The Hall–Kier alpha value is -2.15. The predicted octanol–water partition coefficient (Wildman–Crippen LogP) is 3.95. The van der Waals surface area contributed by atoms with Gasteiger partial charge in [-0.1, -0.05) is 12.1 Å². The zero-order valence-electron chi connectivity index (χ0n) is 10.6. The fourth-order valence-electron chi connectivity index (χ4n) is 2.10. The van der Waals surface area contributed by atoms with Gasteiger partial charge in [-0.25, -0.2) is 4.98 Å². The van der Waals surface area contributed by atoms with Crippen LogP contribution >= 0.6 is 15.9 Å². The summed E-state index contributed by atoms with van der Waals surface area (Å²) in [4.78, 5) is 4.38. The Morgan fingerprint density at radius 1 is 1.19 bits per heavy atom. The number of ether oxygens (including phenoxy) is 1. The summed E-state index contributed by atoms with van der Waals surface area (Å²) in [6.45, 7) is -2.90. The molecule has 2 N–H and O–H groups in total. The molecule has 0 aliphatic heterocycles. The van der Waals surface area contributed by atoms with Crippen LogP contribution in [0.4, 0.5) is 14.6 Å². The molecule has 0 aliphatic rings. The number of aromatic nitrogens is 2. The highest BCUT2D eigenvalue weighted by atomic mass is 79.9. The van der Waals surface area contributed by atoms with Crippen molar-refractivity contribution in [3.63, 3.8) is 0 Å². The number of hydrogen-bond acceptors (Lipinski definition) is 3. The average molecular weight is 354 g/mol. The van der Waals surface area contributed by atoms with Crippen molar-refractivity contribution in [1.29, 1.82) is 0 Å². The molecule has 0 bridgehead atoms. The van der Waals surface area contributed by atoms with Crippen molar-refractivity contribution in [1.82, 2.24) is 9.38 Å². The van der Waals surface area contributed by atoms with Crippen molar-refractivity contribution in [2.24, 2.45) is 0 Å². The van der Waals surface area contributed by atoms with E-state index in [9.17, 15) is 8.78 Å². The second-order valence-electron chi connectivity index (χ2n) is 4.30. The van der Waals surface area contributed by atoms with Gasteiger partial charge in [-0.2, -0.15) is 8.78 Å². The van der Waals surface area contributed by atoms with E-state index in [0.29, 0.717) is 22.7 Å². The van der Waals surface area contributed by atoms with Crippen LogP contribution in [-0.4, -0.2) is 16.0 Å². The Kier molecular flexibility index (Phi) is 3.50. The van der Waals surface area contributed by atoms with Gasteiger partial charge in [-0.3, -0.25) is 4.40 Å². The summed E-state index contributed by atoms with van der Waals surface area (Å²) in [5.41, 5.74) is 7.53. The smallest absolute Gasteiger partial charge is 0.387 e. The van der Waals surface area contributed by atoms with Crippen LogP contribution in [0.2, 0.25) is 0 Å². The van der Waals surface area contributed by atoms with Crippen molar-refractivity contribution >= 4 is 27.4 Å². The van der Waals surface area contributed by atoms with Gasteiger partial charge >= 0.3 is 6.61 Å². The van der Waals surface area contributed by atoms with E-state index in [1.165, 1.54) is 6.07 Å². The molecule has 0 saturated heterocycles. The zero-order valence-corrected chi connectivity index (χ0v) is 12.2. The van der Waals surface area contributed by atoms with Gasteiger partial charge in [0.25, 0.3) is 0 Å². The van der Waals surface area contributed by atoms with Crippen LogP contribution in [0, 0.1) is 0 Å². The molecule has 7 heteroatoms. The van der Waals surface area contributed by atoms with Crippen LogP contribution in [0.25, 0.3) is 16.9 Å². The quantitative estimate of drug-likeness (QED) is 0.775. The number of anilines is 1. The average Bonchev–Trinajstić information content (AvgIpc) is 2.76. The van der Waals surface area contributed by atoms with E-state index < -0.39 is 6.61 Å². The fourth-order valence-corrected chi connectivity index (χ4v) is 2.43. The van der Waals surface area contributed by atoms with Gasteiger partial charge in [0, 0.05) is 16.2 Å². The molecular formula is C14H10BrF2N3O. The summed E-state index contributed by atoms with van der Waals surface area (Å²) in [6.07, 6.45) is 1.76. The summed E-state index contributed by atoms with van der Waals surface area (Å²) >= 11 is 3.35. The third-order valence-electron chi connectivity index (χ3n) is 2.98. The number of nitrogens with two attached hydrogens (primary N) is 1. The first kappa shape index (κ1) is 13.8. The van der Waals surface area contributed by atoms with Crippen LogP contribution < -0.4 is 10.5 Å². The number of nitrogen functional groups attached to an aromatic ring is 1. The van der Waals surface area contributed by atoms with Crippen LogP contribution in [0.1, 0.15) is 0 Å². The Bertz CT molecular complexity index is 804. The molecule has 1 aromatic carbocycles. The van der Waals surface area contributed by atoms with Gasteiger partial charge < -0.3 is 10.5 Å². The molecule has 0 fully saturated rings. The molecule has 3 rings (SSSR count). The monoisotopic (exact) mass is 353 g/mol. The lowest BCUT2D eigenvalue weighted by atomic mass is 10.1. The maximum absolute atomic E-state index is 12.5. The zero-order chi connectivity index (χ0) is 15.0. The van der Waals surface area contributed by atoms with Gasteiger partial charge in [0.05, 0.1) is 0 Å². The number of fused-ring (bicyclic) bond motifs is 1. The number of alkyl halides is 2. The number of halogens is 3. The normalized spacial score (nSPS) is 11.2. The highest BCUT2D eigenvalue weighted by molar-refractivity contribution is 9.10. The highest BCUT2D eigenvalue weighted by Gasteiger charge is 2.17. The van der Waals surface area contributed by atoms with Gasteiger partial charge in [-0.15, -0.1) is 0 Å². The van der Waals surface area contributed by atoms with Crippen molar-refractivity contribution in [3.05, 3.63) is 47.1 Å². The van der Waals surface area contributed by atoms with E-state index in [1.54, 1.807) is 34.9 Å². The number of nitrogens with zero attached hydrogens (tertiary/aromatic N) is 2. The molecule has 0 spiro atoms. The molecule has 0 unspecified atom stereocenters. The maximum Gasteiger partial charge on any atom is 0.387 e. The molecule has 4 nitrogen and oxygen atoms in total. The number of rotatable bonds is 3. The Labute approximate surface area is 127 Å². The van der Waals surface area contributed by atoms with E-state index >= 15 is 0 Å². The molecule has 0 saturated carbocycles. The minimum absolute atomic E-state index is 0.0432. The van der Waals surface area contributed by atoms with Crippen molar-refractivity contribution in [2.75, 3.05) is 5.73 Å². The minimum Gasteiger partial charge on any atom is -0.434 e. The van der Waals surface area contributed by atoms with Crippen molar-refractivity contribution in [2.45, 2.75) is 6.61 Å². The summed E-state index contributed by atoms with van der Waals surface area (Å²) in [7, 11) is 0. The molecule has 0 amide bonds. The topological polar surface area (TPSA) is 52.5 Å². The summed E-state index contributed by atoms with van der Waals surface area (Å²) in [6, 6.07) is 10.0. The first-order chi connectivity index (χ1) is 10.1. The van der Waals surface area contributed by atoms with Crippen LogP contribution in [-0.2, 0) is 0 Å². The van der Waals surface area contributed by atoms with Gasteiger partial charge in [0.15, 0.2) is 0 Å². The first-order valence-electron chi connectivity index (χ1n) is 6.03. The van der Waals surface area contributed by atoms with E-state index in [4.69, 9.17) is 5.73 Å². The molecular weight excluding hydrogens is 344 g/mol. The SMILES string of the molecule is Nc1c(-c2ccccc2OC(F)F)nc2ccc(Br)cn12. The molecule has 21 heavy (non-hydrogen) atoms. The largest absolute Gasteiger partial charge is 0.434 e. The van der Waals surface area contributed by atoms with Gasteiger partial charge in [0.2, 0.25) is 0 Å². The molecule has 2 aromatic heterocycles. The predicted molar refractivity (Wildman–Crippen MR) is 79.4 cm³/mol. The number of benzene rings is 1. The van der Waals surface area contributed by atoms with E-state index in [2.05, 4.69) is 25.7 Å². The van der Waals surface area contributed by atoms with Crippen LogP contribution in [0.15, 0.2) is 47.1 Å². The Balaban J connectivity index is 2.19. The third kappa shape index (κ3) is 2.56. The van der Waals surface area contributed by atoms with Gasteiger partial charge in [-0.05, 0) is 40.2 Å². The molecule has 0 radical (unpaired) electrons. The number of pyridine rings is 1. The lowest BCUT2D eigenvalue weighted by Crippen LogP contribution is -2.03. The van der Waals surface area contributed by atoms with E-state index in [-0.39, 0.29) is 5.75 Å². The van der Waals surface area contributed by atoms with Gasteiger partial charge in [0.1, 0.15) is 22.9 Å². The summed E-state index contributed by atoms with van der Waals surface area (Å²) in [5, 5.41) is 0. The maximum atomic E-state index is 12.5. The minimum atomic E-state index is -2.90. The second kappa shape index (κ2) is 5.33. The molecule has 2 heterocycles. The summed E-state index contributed by atoms with van der Waals surface area (Å²) < 4.78 is 32.0. The van der Waals surface area contributed by atoms with Crippen molar-refractivity contribution in [3.8, 4) is 17.0 Å². The van der Waals surface area contributed by atoms with Crippen LogP contribution in [0.5, 0.6) is 5.75 Å². The third-order valence-corrected chi connectivity index (χ3v) is 3.45. The van der Waals surface area contributed by atoms with Crippen LogP contribution in [0.3, 0.4) is 0 Å². The van der Waals surface area contributed by atoms with E-state index in [1.807, 2.05) is 6.07 Å². The molecule has 108 valence electrons. The number of para-hydroxylation sites is 1. The Morgan fingerprint density at radius 2 is 1.95 bits per heavy atom. The molecule has 0 aliphatic carbocycles. The number of hydrogen-bond donors (Lipinski definition) is 1. The highest BCUT2D eigenvalue weighted by Crippen LogP contribution is 2.34. The van der Waals surface area contributed by atoms with E-state index in [0.717, 1.165) is 4.47 Å². The molecule has 0 atom stereocenters. The lowest BCUT2D eigenvalue weighted by Gasteiger charge is -2.09. The Morgan fingerprint density at radius 3 is 2.71 bits per heavy atom. The first-order valence-corrected chi connectivity index (χ1v) is 6.83. The number of imidazole rings is 1. The lowest BCUT2D eigenvalue weighted by molar-refractivity contribution is -0.0494. The van der Waals surface area contributed by atoms with Crippen molar-refractivity contribution < 1.29 is 13.5 Å². The fraction of sp³-hybridized carbons (Fsp3) is 0.0714. The summed E-state index contributed by atoms with van der Waals surface area (Å²) in [5.74, 6) is 0.401. The molecule has 3 aromatic rings. The second-order valence-corrected chi connectivity index (χ2v) is 5.21.